The second kappa shape index (κ2) is 13.0. The Hall–Kier alpha value is -2.28. The zero-order valence-corrected chi connectivity index (χ0v) is 16.3. The van der Waals surface area contributed by atoms with Crippen LogP contribution in [-0.4, -0.2) is 52.5 Å². The summed E-state index contributed by atoms with van der Waals surface area (Å²) in [6.07, 6.45) is 2.03. The van der Waals surface area contributed by atoms with Gasteiger partial charge in [-0.3, -0.25) is 0 Å². The summed E-state index contributed by atoms with van der Waals surface area (Å²) < 4.78 is 15.3. The number of nitrogens with one attached hydrogen (secondary N) is 2. The summed E-state index contributed by atoms with van der Waals surface area (Å²) in [6.45, 7) is 7.62. The van der Waals surface area contributed by atoms with E-state index in [-0.39, 0.29) is 0 Å². The van der Waals surface area contributed by atoms with Gasteiger partial charge in [0.15, 0.2) is 5.96 Å². The van der Waals surface area contributed by atoms with E-state index in [0.29, 0.717) is 17.9 Å². The molecule has 1 rings (SSSR count). The summed E-state index contributed by atoms with van der Waals surface area (Å²) in [5.41, 5.74) is 1.30. The van der Waals surface area contributed by atoms with Crippen molar-refractivity contribution < 1.29 is 19.0 Å². The molecule has 0 saturated heterocycles. The number of rotatable bonds is 11. The van der Waals surface area contributed by atoms with Gasteiger partial charge >= 0.3 is 5.97 Å². The first-order valence-corrected chi connectivity index (χ1v) is 9.01. The monoisotopic (exact) mass is 365 g/mol. The van der Waals surface area contributed by atoms with Gasteiger partial charge in [0.25, 0.3) is 0 Å². The molecule has 0 heterocycles. The first-order chi connectivity index (χ1) is 12.7. The van der Waals surface area contributed by atoms with Gasteiger partial charge < -0.3 is 24.8 Å². The van der Waals surface area contributed by atoms with Crippen LogP contribution in [0.3, 0.4) is 0 Å². The predicted octanol–water partition coefficient (Wildman–Crippen LogP) is 2.35. The maximum Gasteiger partial charge on any atom is 0.341 e. The van der Waals surface area contributed by atoms with E-state index in [1.165, 1.54) is 14.2 Å². The number of benzene rings is 1. The SMILES string of the molecule is CCNC(=NCc1ccc(OC)c(C(=O)OC)c1)NCCCCOCC. The van der Waals surface area contributed by atoms with Crippen molar-refractivity contribution in [2.45, 2.75) is 33.2 Å². The van der Waals surface area contributed by atoms with Crippen LogP contribution in [0.2, 0.25) is 0 Å². The van der Waals surface area contributed by atoms with Crippen LogP contribution in [0.1, 0.15) is 42.6 Å². The van der Waals surface area contributed by atoms with Gasteiger partial charge in [0, 0.05) is 26.3 Å². The molecule has 0 amide bonds. The standard InChI is InChI=1S/C19H31N3O4/c1-5-20-19(21-11-7-8-12-26-6-2)22-14-15-9-10-17(24-3)16(13-15)18(23)25-4/h9-10,13H,5-8,11-12,14H2,1-4H3,(H2,20,21,22). The van der Waals surface area contributed by atoms with Gasteiger partial charge in [0.05, 0.1) is 20.8 Å². The Morgan fingerprint density at radius 3 is 2.62 bits per heavy atom. The molecule has 0 fully saturated rings. The van der Waals surface area contributed by atoms with Gasteiger partial charge in [-0.05, 0) is 44.4 Å². The van der Waals surface area contributed by atoms with Crippen LogP contribution < -0.4 is 15.4 Å². The zero-order valence-electron chi connectivity index (χ0n) is 16.3. The van der Waals surface area contributed by atoms with E-state index in [4.69, 9.17) is 14.2 Å². The molecular weight excluding hydrogens is 334 g/mol. The van der Waals surface area contributed by atoms with E-state index < -0.39 is 5.97 Å². The topological polar surface area (TPSA) is 81.2 Å². The Labute approximate surface area is 156 Å². The fraction of sp³-hybridized carbons (Fsp3) is 0.579. The molecule has 0 radical (unpaired) electrons. The fourth-order valence-electron chi connectivity index (χ4n) is 2.32. The summed E-state index contributed by atoms with van der Waals surface area (Å²) in [6, 6.07) is 5.39. The number of methoxy groups -OCH3 is 2. The van der Waals surface area contributed by atoms with E-state index in [2.05, 4.69) is 15.6 Å². The number of hydrogen-bond acceptors (Lipinski definition) is 5. The first-order valence-electron chi connectivity index (χ1n) is 9.01. The third-order valence-corrected chi connectivity index (χ3v) is 3.65. The largest absolute Gasteiger partial charge is 0.496 e. The average Bonchev–Trinajstić information content (AvgIpc) is 2.67. The lowest BCUT2D eigenvalue weighted by atomic mass is 10.1. The van der Waals surface area contributed by atoms with Crippen molar-refractivity contribution >= 4 is 11.9 Å². The molecule has 1 aromatic rings. The number of carbonyl (C=O) groups is 1. The lowest BCUT2D eigenvalue weighted by Crippen LogP contribution is -2.37. The summed E-state index contributed by atoms with van der Waals surface area (Å²) in [5.74, 6) is 0.815. The minimum Gasteiger partial charge on any atom is -0.496 e. The highest BCUT2D eigenvalue weighted by Crippen LogP contribution is 2.21. The van der Waals surface area contributed by atoms with Crippen molar-refractivity contribution in [1.82, 2.24) is 10.6 Å². The van der Waals surface area contributed by atoms with Crippen LogP contribution in [0.25, 0.3) is 0 Å². The molecule has 26 heavy (non-hydrogen) atoms. The Morgan fingerprint density at radius 2 is 1.96 bits per heavy atom. The van der Waals surface area contributed by atoms with Gasteiger partial charge in [-0.25, -0.2) is 9.79 Å². The van der Waals surface area contributed by atoms with Crippen LogP contribution in [0.15, 0.2) is 23.2 Å². The van der Waals surface area contributed by atoms with E-state index in [1.807, 2.05) is 19.9 Å². The summed E-state index contributed by atoms with van der Waals surface area (Å²) in [7, 11) is 2.88. The summed E-state index contributed by atoms with van der Waals surface area (Å²) in [4.78, 5) is 16.4. The quantitative estimate of drug-likeness (QED) is 0.271. The van der Waals surface area contributed by atoms with Crippen molar-refractivity contribution in [3.8, 4) is 5.75 Å². The third kappa shape index (κ3) is 7.74. The number of esters is 1. The van der Waals surface area contributed by atoms with Gasteiger partial charge in [-0.15, -0.1) is 0 Å². The molecule has 0 bridgehead atoms. The van der Waals surface area contributed by atoms with Crippen LogP contribution in [0, 0.1) is 0 Å². The smallest absolute Gasteiger partial charge is 0.341 e. The molecule has 146 valence electrons. The normalized spacial score (nSPS) is 11.2. The van der Waals surface area contributed by atoms with Crippen molar-refractivity contribution in [3.63, 3.8) is 0 Å². The number of nitrogens with zero attached hydrogens (tertiary/aromatic N) is 1. The average molecular weight is 365 g/mol. The van der Waals surface area contributed by atoms with Gasteiger partial charge in [0.2, 0.25) is 0 Å². The van der Waals surface area contributed by atoms with Gasteiger partial charge in [-0.2, -0.15) is 0 Å². The maximum atomic E-state index is 11.9. The predicted molar refractivity (Wildman–Crippen MR) is 103 cm³/mol. The van der Waals surface area contributed by atoms with Crippen molar-refractivity contribution in [2.75, 3.05) is 40.5 Å². The fourth-order valence-corrected chi connectivity index (χ4v) is 2.32. The Kier molecular flexibility index (Phi) is 10.9. The lowest BCUT2D eigenvalue weighted by Gasteiger charge is -2.12. The number of unbranched alkanes of at least 4 members (excludes halogenated alkanes) is 1. The molecular formula is C19H31N3O4. The zero-order chi connectivity index (χ0) is 19.2. The summed E-state index contributed by atoms with van der Waals surface area (Å²) >= 11 is 0. The molecule has 0 spiro atoms. The Morgan fingerprint density at radius 1 is 1.15 bits per heavy atom. The van der Waals surface area contributed by atoms with Crippen LogP contribution in [-0.2, 0) is 16.0 Å². The van der Waals surface area contributed by atoms with Crippen molar-refractivity contribution in [3.05, 3.63) is 29.3 Å². The maximum absolute atomic E-state index is 11.9. The molecule has 7 heteroatoms. The molecule has 0 aromatic heterocycles. The number of hydrogen-bond donors (Lipinski definition) is 2. The van der Waals surface area contributed by atoms with E-state index in [0.717, 1.165) is 50.7 Å². The highest BCUT2D eigenvalue weighted by Gasteiger charge is 2.13. The number of carbonyl (C=O) groups excluding carboxylic acids is 1. The molecule has 1 aromatic carbocycles. The van der Waals surface area contributed by atoms with Crippen molar-refractivity contribution in [2.24, 2.45) is 4.99 Å². The minimum absolute atomic E-state index is 0.400. The van der Waals surface area contributed by atoms with Gasteiger partial charge in [0.1, 0.15) is 11.3 Å². The van der Waals surface area contributed by atoms with E-state index >= 15 is 0 Å². The molecule has 0 aliphatic heterocycles. The highest BCUT2D eigenvalue weighted by molar-refractivity contribution is 5.92. The summed E-state index contributed by atoms with van der Waals surface area (Å²) in [5, 5.41) is 6.52. The van der Waals surface area contributed by atoms with Crippen LogP contribution >= 0.6 is 0 Å². The minimum atomic E-state index is -0.424. The Bertz CT molecular complexity index is 576. The molecule has 0 unspecified atom stereocenters. The second-order valence-electron chi connectivity index (χ2n) is 5.55. The molecule has 0 atom stereocenters. The second-order valence-corrected chi connectivity index (χ2v) is 5.55. The molecule has 0 saturated carbocycles. The van der Waals surface area contributed by atoms with Gasteiger partial charge in [-0.1, -0.05) is 6.07 Å². The molecule has 0 aliphatic carbocycles. The highest BCUT2D eigenvalue weighted by atomic mass is 16.5. The molecule has 2 N–H and O–H groups in total. The number of aliphatic imine (C=N–C) groups is 1. The van der Waals surface area contributed by atoms with E-state index in [1.54, 1.807) is 12.1 Å². The molecule has 7 nitrogen and oxygen atoms in total. The van der Waals surface area contributed by atoms with E-state index in [9.17, 15) is 4.79 Å². The lowest BCUT2D eigenvalue weighted by molar-refractivity contribution is 0.0597. The molecule has 0 aliphatic rings. The number of guanidine groups is 1. The number of ether oxygens (including phenoxy) is 3. The van der Waals surface area contributed by atoms with Crippen molar-refractivity contribution in [1.29, 1.82) is 0 Å². The van der Waals surface area contributed by atoms with Crippen LogP contribution in [0.4, 0.5) is 0 Å². The third-order valence-electron chi connectivity index (χ3n) is 3.65. The Balaban J connectivity index is 2.66. The van der Waals surface area contributed by atoms with Crippen LogP contribution in [0.5, 0.6) is 5.75 Å². The first kappa shape index (κ1) is 21.8.